The van der Waals surface area contributed by atoms with Crippen molar-refractivity contribution in [3.63, 3.8) is 0 Å². The van der Waals surface area contributed by atoms with E-state index in [-0.39, 0.29) is 6.42 Å². The third-order valence-electron chi connectivity index (χ3n) is 2.02. The van der Waals surface area contributed by atoms with E-state index in [0.29, 0.717) is 0 Å². The van der Waals surface area contributed by atoms with Crippen molar-refractivity contribution < 1.29 is 9.90 Å². The van der Waals surface area contributed by atoms with Crippen LogP contribution in [0, 0.1) is 10.5 Å². The molecular weight excluding hydrogens is 293 g/mol. The minimum atomic E-state index is -0.866. The summed E-state index contributed by atoms with van der Waals surface area (Å²) < 4.78 is 1.05. The van der Waals surface area contributed by atoms with Crippen LogP contribution in [0.4, 0.5) is 0 Å². The Bertz CT molecular complexity index is 352. The number of carboxylic acids is 1. The Hall–Kier alpha value is -0.620. The number of halogens is 1. The minimum absolute atomic E-state index is 0.0283. The number of hydrogen-bond donors (Lipinski definition) is 2. The van der Waals surface area contributed by atoms with Crippen LogP contribution < -0.4 is 5.73 Å². The van der Waals surface area contributed by atoms with E-state index in [1.165, 1.54) is 0 Å². The van der Waals surface area contributed by atoms with Gasteiger partial charge in [-0.05, 0) is 40.6 Å². The SMILES string of the molecule is Cc1cccc([C@@H](N)CC(=O)O)c1I. The van der Waals surface area contributed by atoms with Crippen LogP contribution in [0.25, 0.3) is 0 Å². The van der Waals surface area contributed by atoms with Crippen molar-refractivity contribution in [3.05, 3.63) is 32.9 Å². The largest absolute Gasteiger partial charge is 0.481 e. The second-order valence-electron chi connectivity index (χ2n) is 3.18. The van der Waals surface area contributed by atoms with E-state index in [1.807, 2.05) is 25.1 Å². The van der Waals surface area contributed by atoms with Gasteiger partial charge in [0.25, 0.3) is 0 Å². The van der Waals surface area contributed by atoms with Gasteiger partial charge >= 0.3 is 5.97 Å². The first kappa shape index (κ1) is 11.5. The highest BCUT2D eigenvalue weighted by Crippen LogP contribution is 2.23. The average molecular weight is 305 g/mol. The Balaban J connectivity index is 2.95. The molecular formula is C10H12INO2. The summed E-state index contributed by atoms with van der Waals surface area (Å²) in [5.74, 6) is -0.866. The number of aryl methyl sites for hydroxylation is 1. The summed E-state index contributed by atoms with van der Waals surface area (Å²) in [5.41, 5.74) is 7.82. The van der Waals surface area contributed by atoms with Gasteiger partial charge in [-0.15, -0.1) is 0 Å². The summed E-state index contributed by atoms with van der Waals surface area (Å²) in [7, 11) is 0. The van der Waals surface area contributed by atoms with E-state index in [2.05, 4.69) is 22.6 Å². The molecule has 14 heavy (non-hydrogen) atoms. The van der Waals surface area contributed by atoms with E-state index in [4.69, 9.17) is 10.8 Å². The van der Waals surface area contributed by atoms with Gasteiger partial charge in [-0.3, -0.25) is 4.79 Å². The summed E-state index contributed by atoms with van der Waals surface area (Å²) in [6.07, 6.45) is -0.0283. The molecule has 4 heteroatoms. The normalized spacial score (nSPS) is 12.5. The van der Waals surface area contributed by atoms with Gasteiger partial charge in [0, 0.05) is 9.61 Å². The summed E-state index contributed by atoms with van der Waals surface area (Å²) in [5, 5.41) is 8.62. The topological polar surface area (TPSA) is 63.3 Å². The van der Waals surface area contributed by atoms with Crippen molar-refractivity contribution in [1.82, 2.24) is 0 Å². The molecule has 1 rings (SSSR count). The molecule has 0 aliphatic carbocycles. The zero-order chi connectivity index (χ0) is 10.7. The van der Waals surface area contributed by atoms with Crippen molar-refractivity contribution in [1.29, 1.82) is 0 Å². The summed E-state index contributed by atoms with van der Waals surface area (Å²) >= 11 is 2.19. The standard InChI is InChI=1S/C10H12INO2/c1-6-3-2-4-7(10(6)11)8(12)5-9(13)14/h2-4,8H,5,12H2,1H3,(H,13,14)/t8-/m0/s1. The molecule has 0 fully saturated rings. The van der Waals surface area contributed by atoms with E-state index in [1.54, 1.807) is 0 Å². The molecule has 0 aliphatic rings. The maximum Gasteiger partial charge on any atom is 0.305 e. The first-order chi connectivity index (χ1) is 6.52. The first-order valence-corrected chi connectivity index (χ1v) is 5.32. The fraction of sp³-hybridized carbons (Fsp3) is 0.300. The van der Waals surface area contributed by atoms with Gasteiger partial charge in [0.05, 0.1) is 6.42 Å². The van der Waals surface area contributed by atoms with Gasteiger partial charge in [0.2, 0.25) is 0 Å². The van der Waals surface area contributed by atoms with Crippen molar-refractivity contribution in [2.45, 2.75) is 19.4 Å². The monoisotopic (exact) mass is 305 g/mol. The van der Waals surface area contributed by atoms with Gasteiger partial charge in [0.15, 0.2) is 0 Å². The fourth-order valence-corrected chi connectivity index (χ4v) is 2.01. The van der Waals surface area contributed by atoms with Gasteiger partial charge in [-0.1, -0.05) is 18.2 Å². The maximum absolute atomic E-state index is 10.5. The zero-order valence-corrected chi connectivity index (χ0v) is 9.98. The molecule has 1 atom stereocenters. The van der Waals surface area contributed by atoms with Gasteiger partial charge in [0.1, 0.15) is 0 Å². The molecule has 0 unspecified atom stereocenters. The third-order valence-corrected chi connectivity index (χ3v) is 3.49. The lowest BCUT2D eigenvalue weighted by molar-refractivity contribution is -0.137. The Labute approximate surface area is 96.4 Å². The number of carboxylic acid groups (broad SMARTS) is 1. The van der Waals surface area contributed by atoms with Crippen LogP contribution in [0.2, 0.25) is 0 Å². The van der Waals surface area contributed by atoms with Crippen molar-refractivity contribution >= 4 is 28.6 Å². The molecule has 0 bridgehead atoms. The van der Waals surface area contributed by atoms with Crippen LogP contribution in [-0.2, 0) is 4.79 Å². The second kappa shape index (κ2) is 4.75. The van der Waals surface area contributed by atoms with E-state index >= 15 is 0 Å². The van der Waals surface area contributed by atoms with Crippen LogP contribution in [0.15, 0.2) is 18.2 Å². The quantitative estimate of drug-likeness (QED) is 0.840. The summed E-state index contributed by atoms with van der Waals surface area (Å²) in [6, 6.07) is 5.34. The molecule has 0 amide bonds. The molecule has 0 aliphatic heterocycles. The second-order valence-corrected chi connectivity index (χ2v) is 4.26. The molecule has 0 heterocycles. The highest BCUT2D eigenvalue weighted by molar-refractivity contribution is 14.1. The number of aliphatic carboxylic acids is 1. The van der Waals surface area contributed by atoms with Gasteiger partial charge in [-0.2, -0.15) is 0 Å². The van der Waals surface area contributed by atoms with E-state index < -0.39 is 12.0 Å². The van der Waals surface area contributed by atoms with Crippen LogP contribution in [-0.4, -0.2) is 11.1 Å². The number of nitrogens with two attached hydrogens (primary N) is 1. The zero-order valence-electron chi connectivity index (χ0n) is 7.83. The smallest absolute Gasteiger partial charge is 0.305 e. The average Bonchev–Trinajstić information content (AvgIpc) is 2.08. The predicted octanol–water partition coefficient (Wildman–Crippen LogP) is 2.07. The van der Waals surface area contributed by atoms with Crippen LogP contribution >= 0.6 is 22.6 Å². The van der Waals surface area contributed by atoms with Crippen LogP contribution in [0.5, 0.6) is 0 Å². The lowest BCUT2D eigenvalue weighted by atomic mass is 10.0. The van der Waals surface area contributed by atoms with Crippen molar-refractivity contribution in [2.75, 3.05) is 0 Å². The minimum Gasteiger partial charge on any atom is -0.481 e. The molecule has 0 saturated carbocycles. The molecule has 76 valence electrons. The Morgan fingerprint density at radius 3 is 2.86 bits per heavy atom. The number of hydrogen-bond acceptors (Lipinski definition) is 2. The Kier molecular flexibility index (Phi) is 3.88. The highest BCUT2D eigenvalue weighted by Gasteiger charge is 2.13. The third kappa shape index (κ3) is 2.68. The van der Waals surface area contributed by atoms with E-state index in [0.717, 1.165) is 14.7 Å². The summed E-state index contributed by atoms with van der Waals surface area (Å²) in [4.78, 5) is 10.5. The Morgan fingerprint density at radius 2 is 2.29 bits per heavy atom. The number of benzene rings is 1. The van der Waals surface area contributed by atoms with Crippen LogP contribution in [0.3, 0.4) is 0 Å². The molecule has 1 aromatic rings. The molecule has 0 aromatic heterocycles. The fourth-order valence-electron chi connectivity index (χ4n) is 1.25. The van der Waals surface area contributed by atoms with Crippen molar-refractivity contribution in [2.24, 2.45) is 5.73 Å². The summed E-state index contributed by atoms with van der Waals surface area (Å²) in [6.45, 7) is 1.98. The van der Waals surface area contributed by atoms with Crippen molar-refractivity contribution in [3.8, 4) is 0 Å². The van der Waals surface area contributed by atoms with Gasteiger partial charge in [-0.25, -0.2) is 0 Å². The lowest BCUT2D eigenvalue weighted by Gasteiger charge is -2.12. The molecule has 0 saturated heterocycles. The molecule has 0 radical (unpaired) electrons. The molecule has 1 aromatic carbocycles. The van der Waals surface area contributed by atoms with Crippen LogP contribution in [0.1, 0.15) is 23.6 Å². The predicted molar refractivity (Wildman–Crippen MR) is 63.1 cm³/mol. The number of carbonyl (C=O) groups is 1. The Morgan fingerprint density at radius 1 is 1.64 bits per heavy atom. The molecule has 0 spiro atoms. The number of rotatable bonds is 3. The molecule has 3 N–H and O–H groups in total. The van der Waals surface area contributed by atoms with Gasteiger partial charge < -0.3 is 10.8 Å². The molecule has 3 nitrogen and oxygen atoms in total. The maximum atomic E-state index is 10.5. The lowest BCUT2D eigenvalue weighted by Crippen LogP contribution is -2.16. The van der Waals surface area contributed by atoms with E-state index in [9.17, 15) is 4.79 Å². The first-order valence-electron chi connectivity index (χ1n) is 4.24. The highest BCUT2D eigenvalue weighted by atomic mass is 127.